The number of pyridine rings is 3. The van der Waals surface area contributed by atoms with Gasteiger partial charge in [-0.15, -0.1) is 34.0 Å². The molecule has 9 atom stereocenters. The van der Waals surface area contributed by atoms with E-state index in [0.29, 0.717) is 106 Å². The van der Waals surface area contributed by atoms with Gasteiger partial charge in [-0.3, -0.25) is 58.7 Å². The SMILES string of the molecule is CCn1c(-c2cccnc2[C@H](C)OC)c(CC(C)(C)CO)c2cc(-c3csc(C[C@H](NC(=O)OC(C)(C)C)C(=O)N4CCC[C@@H](C(=O)O)N4)n3)ccc21.CCn1c(-c2cccnc2[C@H](C)OC)c2c3cc(ccc31)-c1csc(n1)C[C@H](N)C(=O)N1CCC[C@H](N1)C(=O)OCC(C)(C)C2.CCn1c(-c2cccnc2[C@H](C)OC)c2c3cc(ccc31)-c1csc(n1)C[C@H](NC(=O)OC(C)(C)C)C(=O)N1CCC[C@H](N1)C(=O)OCC(C)(C)C2. The number of cyclic esters (lactones) is 2. The van der Waals surface area contributed by atoms with E-state index in [1.54, 1.807) is 75.3 Å². The van der Waals surface area contributed by atoms with Gasteiger partial charge in [-0.25, -0.2) is 40.8 Å². The molecular formula is C112H144N18O17S3. The lowest BCUT2D eigenvalue weighted by molar-refractivity contribution is -0.156. The molecule has 14 heterocycles. The number of thiazole rings is 3. The maximum atomic E-state index is 14.0. The number of ether oxygens (including phenoxy) is 7. The van der Waals surface area contributed by atoms with Gasteiger partial charge < -0.3 is 73.4 Å². The topological polar surface area (TPSA) is 430 Å². The molecular weight excluding hydrogens is 1970 g/mol. The number of carbonyl (C=O) groups is 8. The van der Waals surface area contributed by atoms with Crippen LogP contribution < -0.4 is 32.6 Å². The van der Waals surface area contributed by atoms with Gasteiger partial charge in [0.1, 0.15) is 41.4 Å². The number of nitrogens with two attached hydrogens (primary N) is 1. The van der Waals surface area contributed by atoms with Gasteiger partial charge in [0, 0.05) is 198 Å². The number of esters is 2. The van der Waals surface area contributed by atoms with Crippen molar-refractivity contribution in [3.8, 4) is 67.5 Å². The normalized spacial score (nSPS) is 19.2. The number of methoxy groups -OCH3 is 3. The quantitative estimate of drug-likeness (QED) is 0.0231. The van der Waals surface area contributed by atoms with Gasteiger partial charge in [-0.1, -0.05) is 59.7 Å². The van der Waals surface area contributed by atoms with E-state index in [-0.39, 0.29) is 68.8 Å². The van der Waals surface area contributed by atoms with E-state index in [9.17, 15) is 48.6 Å². The van der Waals surface area contributed by atoms with Crippen LogP contribution in [0.5, 0.6) is 0 Å². The van der Waals surface area contributed by atoms with Crippen molar-refractivity contribution >= 4 is 115 Å². The van der Waals surface area contributed by atoms with Crippen LogP contribution in [0.3, 0.4) is 0 Å². The van der Waals surface area contributed by atoms with E-state index in [0.717, 1.165) is 141 Å². The lowest BCUT2D eigenvalue weighted by Crippen LogP contribution is -2.60. The number of benzene rings is 3. The van der Waals surface area contributed by atoms with Crippen molar-refractivity contribution < 1.29 is 81.7 Å². The van der Waals surface area contributed by atoms with Crippen LogP contribution >= 0.6 is 34.0 Å². The zero-order valence-corrected chi connectivity index (χ0v) is 92.3. The minimum atomic E-state index is -1.05. The maximum absolute atomic E-state index is 14.0. The molecule has 5 aliphatic heterocycles. The van der Waals surface area contributed by atoms with E-state index in [1.165, 1.54) is 54.6 Å². The highest BCUT2D eigenvalue weighted by atomic mass is 32.1. The molecule has 3 aromatic carbocycles. The molecule has 12 bridgehead atoms. The third-order valence-electron chi connectivity index (χ3n) is 27.8. The summed E-state index contributed by atoms with van der Waals surface area (Å²) in [4.78, 5) is 135. The van der Waals surface area contributed by atoms with Crippen molar-refractivity contribution in [3.63, 3.8) is 0 Å². The number of hydrazine groups is 3. The number of carboxylic acids is 1. The van der Waals surface area contributed by atoms with E-state index in [1.807, 2.05) is 67.4 Å². The molecule has 0 saturated carbocycles. The molecule has 802 valence electrons. The number of amides is 5. The fourth-order valence-corrected chi connectivity index (χ4v) is 22.7. The van der Waals surface area contributed by atoms with Crippen LogP contribution in [0.1, 0.15) is 230 Å². The van der Waals surface area contributed by atoms with Crippen molar-refractivity contribution in [3.05, 3.63) is 175 Å². The number of nitrogens with one attached hydrogen (secondary N) is 5. The van der Waals surface area contributed by atoms with E-state index in [4.69, 9.17) is 68.8 Å². The Morgan fingerprint density at radius 2 is 0.973 bits per heavy atom. The van der Waals surface area contributed by atoms with Crippen LogP contribution in [0.2, 0.25) is 0 Å². The second-order valence-corrected chi connectivity index (χ2v) is 46.4. The molecule has 3 saturated heterocycles. The molecule has 9 N–H and O–H groups in total. The van der Waals surface area contributed by atoms with Crippen LogP contribution in [0.15, 0.2) is 126 Å². The summed E-state index contributed by atoms with van der Waals surface area (Å²) in [6.45, 7) is 39.2. The first-order valence-corrected chi connectivity index (χ1v) is 54.3. The zero-order chi connectivity index (χ0) is 108. The molecule has 0 aliphatic carbocycles. The van der Waals surface area contributed by atoms with Crippen LogP contribution in [0, 0.1) is 16.2 Å². The lowest BCUT2D eigenvalue weighted by Gasteiger charge is -2.35. The Morgan fingerprint density at radius 1 is 0.547 bits per heavy atom. The molecule has 0 spiro atoms. The summed E-state index contributed by atoms with van der Waals surface area (Å²) >= 11 is 4.31. The van der Waals surface area contributed by atoms with Crippen LogP contribution in [-0.2, 0) is 120 Å². The summed E-state index contributed by atoms with van der Waals surface area (Å²) in [5, 5.41) is 40.9. The highest BCUT2D eigenvalue weighted by molar-refractivity contribution is 7.10. The number of fused-ring (bicyclic) bond motifs is 13. The minimum absolute atomic E-state index is 0.00980. The standard InChI is InChI=1S/C39H52N6O7S.C39H50N6O6S.C34H42N6O4S/c1-9-44-31-15-14-24(18-26(31)27(20-39(6,7)22-46)34(44)25-12-10-16-40-33(25)23(2)51-8)30-21-53-32(41-30)19-29(42-37(50)52-38(3,4)5)35(47)45-17-11-13-28(43-45)36(48)49;1-9-44-31-15-14-24-18-26(31)27(34(44)25-12-10-16-40-33(25)23(2)49-8)20-39(6,7)22-50-36(47)28-13-11-17-45(43-28)35(46)29(19-32-41-30(24)21-52-32)42-37(48)51-38(3,4)5;1-6-39-28-12-11-21-15-23(28)24(31(39)22-9-7-13-36-30(22)20(2)43-5)17-34(3,4)19-44-33(42)26-10-8-14-40(38-26)32(41)25(35)16-29-37-27(21)18-45-29/h10,12,14-16,18,21,23,28-29,43,46H,9,11,13,17,19-20,22H2,1-8H3,(H,42,50)(H,48,49);10,12,14-16,18,21,23,28-29,43H,9,11,13,17,19-20,22H2,1-8H3,(H,42,48);7,9,11-13,15,18,20,25-26,38H,6,8,10,14,16-17,19,35H2,1-5H3/t2*23-,28-,29-;20-,25-,26-/m000/s1. The third-order valence-corrected chi connectivity index (χ3v) is 30.4. The molecule has 0 radical (unpaired) electrons. The largest absolute Gasteiger partial charge is 0.480 e. The smallest absolute Gasteiger partial charge is 0.408 e. The van der Waals surface area contributed by atoms with Crippen molar-refractivity contribution in [1.82, 2.24) is 85.5 Å². The molecule has 3 fully saturated rings. The zero-order valence-electron chi connectivity index (χ0n) is 89.9. The molecule has 150 heavy (non-hydrogen) atoms. The first kappa shape index (κ1) is 112. The summed E-state index contributed by atoms with van der Waals surface area (Å²) in [7, 11) is 5.07. The van der Waals surface area contributed by atoms with E-state index >= 15 is 0 Å². The number of nitrogens with zero attached hydrogens (tertiary/aromatic N) is 12. The van der Waals surface area contributed by atoms with Gasteiger partial charge in [0.15, 0.2) is 0 Å². The molecule has 35 nitrogen and oxygen atoms in total. The molecule has 17 rings (SSSR count). The van der Waals surface area contributed by atoms with Crippen LogP contribution in [0.4, 0.5) is 9.59 Å². The number of aliphatic hydroxyl groups excluding tert-OH is 1. The van der Waals surface area contributed by atoms with E-state index in [2.05, 4.69) is 170 Å². The molecule has 5 amide bonds. The number of aryl methyl sites for hydroxylation is 3. The summed E-state index contributed by atoms with van der Waals surface area (Å²) < 4.78 is 47.2. The number of hydrogen-bond donors (Lipinski definition) is 8. The number of hydrogen-bond acceptors (Lipinski definition) is 29. The van der Waals surface area contributed by atoms with Gasteiger partial charge in [-0.05, 0) is 236 Å². The second-order valence-electron chi connectivity index (χ2n) is 43.5. The van der Waals surface area contributed by atoms with Gasteiger partial charge in [0.2, 0.25) is 0 Å². The summed E-state index contributed by atoms with van der Waals surface area (Å²) in [5.74, 6) is -2.92. The van der Waals surface area contributed by atoms with Gasteiger partial charge in [-0.2, -0.15) is 0 Å². The first-order chi connectivity index (χ1) is 71.3. The Labute approximate surface area is 888 Å². The number of rotatable bonds is 22. The average molecular weight is 2110 g/mol. The highest BCUT2D eigenvalue weighted by Crippen LogP contribution is 2.48. The van der Waals surface area contributed by atoms with Crippen LogP contribution in [0.25, 0.3) is 100 Å². The number of carboxylic acid groups (broad SMARTS) is 1. The van der Waals surface area contributed by atoms with Crippen molar-refractivity contribution in [2.24, 2.45) is 22.0 Å². The van der Waals surface area contributed by atoms with Crippen LogP contribution in [-0.4, -0.2) is 225 Å². The second kappa shape index (κ2) is 47.3. The van der Waals surface area contributed by atoms with Gasteiger partial charge >= 0.3 is 30.1 Å². The Balaban J connectivity index is 0.000000169. The van der Waals surface area contributed by atoms with E-state index < -0.39 is 93.7 Å². The van der Waals surface area contributed by atoms with Crippen molar-refractivity contribution in [2.45, 2.75) is 287 Å². The predicted octanol–water partition coefficient (Wildman–Crippen LogP) is 17.8. The Kier molecular flexibility index (Phi) is 35.2. The molecule has 38 heteroatoms. The first-order valence-electron chi connectivity index (χ1n) is 51.7. The molecule has 9 aromatic heterocycles. The fraction of sp³-hybridized carbons (Fsp3) is 0.500. The number of aliphatic carboxylic acids is 1. The summed E-state index contributed by atoms with van der Waals surface area (Å²) in [6.07, 6.45) is 8.95. The molecule has 12 aromatic rings. The Morgan fingerprint density at radius 3 is 1.43 bits per heavy atom. The predicted molar refractivity (Wildman–Crippen MR) is 580 cm³/mol. The third kappa shape index (κ3) is 25.8. The minimum Gasteiger partial charge on any atom is -0.480 e. The summed E-state index contributed by atoms with van der Waals surface area (Å²) in [5.41, 5.74) is 33.1. The van der Waals surface area contributed by atoms with Gasteiger partial charge in [0.25, 0.3) is 17.7 Å². The van der Waals surface area contributed by atoms with Gasteiger partial charge in [0.05, 0.1) is 104 Å². The summed E-state index contributed by atoms with van der Waals surface area (Å²) in [6, 6.07) is 26.3. The number of carbonyl (C=O) groups excluding carboxylic acids is 7. The van der Waals surface area contributed by atoms with Crippen molar-refractivity contribution in [1.29, 1.82) is 0 Å². The Hall–Kier alpha value is -12.3. The maximum Gasteiger partial charge on any atom is 0.408 e. The lowest BCUT2D eigenvalue weighted by atomic mass is 9.84. The number of alkyl carbamates (subject to hydrolysis) is 2. The van der Waals surface area contributed by atoms with Crippen molar-refractivity contribution in [2.75, 3.05) is 60.8 Å². The average Bonchev–Trinajstić information content (AvgIpc) is 1.59. The number of aromatic nitrogens is 9. The Bertz CT molecular complexity index is 6920. The monoisotopic (exact) mass is 2110 g/mol. The molecule has 5 aliphatic rings. The fourth-order valence-electron chi connectivity index (χ4n) is 20.2. The molecule has 0 unspecified atom stereocenters. The highest BCUT2D eigenvalue weighted by Gasteiger charge is 2.42. The number of aliphatic hydroxyl groups is 1.